The largest absolute Gasteiger partial charge is 0.300 e. The Labute approximate surface area is 76.5 Å². The monoisotopic (exact) mass is 327 g/mol. The quantitative estimate of drug-likeness (QED) is 0.526. The van der Waals surface area contributed by atoms with E-state index < -0.39 is 0 Å². The van der Waals surface area contributed by atoms with Crippen LogP contribution in [-0.2, 0) is 27.2 Å². The fraction of sp³-hybridized carbons (Fsp3) is 0.833. The van der Waals surface area contributed by atoms with Crippen LogP contribution in [0.2, 0.25) is 0 Å². The minimum atomic E-state index is 0. The predicted molar refractivity (Wildman–Crippen MR) is 36.2 cm³/mol. The van der Waals surface area contributed by atoms with Crippen molar-refractivity contribution < 1.29 is 27.2 Å². The number of hydrogen-bond donors (Lipinski definition) is 1. The van der Waals surface area contributed by atoms with Crippen LogP contribution >= 0.6 is 12.6 Å². The minimum absolute atomic E-state index is 0. The molecular formula is C6H10AuOS. The first-order valence-corrected chi connectivity index (χ1v) is 3.50. The fourth-order valence-corrected chi connectivity index (χ4v) is 1.39. The zero-order valence-electron chi connectivity index (χ0n) is 5.06. The maximum absolute atomic E-state index is 10.6. The van der Waals surface area contributed by atoms with Crippen LogP contribution in [0.1, 0.15) is 25.7 Å². The second kappa shape index (κ2) is 4.56. The summed E-state index contributed by atoms with van der Waals surface area (Å²) in [5, 5.41) is 0.358. The van der Waals surface area contributed by atoms with E-state index in [9.17, 15) is 4.79 Å². The van der Waals surface area contributed by atoms with Crippen LogP contribution in [0.5, 0.6) is 0 Å². The summed E-state index contributed by atoms with van der Waals surface area (Å²) in [4.78, 5) is 10.6. The van der Waals surface area contributed by atoms with E-state index in [-0.39, 0.29) is 22.4 Å². The third-order valence-electron chi connectivity index (χ3n) is 1.46. The normalized spacial score (nSPS) is 27.2. The van der Waals surface area contributed by atoms with Gasteiger partial charge in [0, 0.05) is 40.5 Å². The molecule has 1 unspecified atom stereocenters. The summed E-state index contributed by atoms with van der Waals surface area (Å²) >= 11 is 4.20. The number of carbonyl (C=O) groups excluding carboxylic acids is 1. The van der Waals surface area contributed by atoms with Crippen molar-refractivity contribution in [1.82, 2.24) is 0 Å². The van der Waals surface area contributed by atoms with E-state index in [1.165, 1.54) is 0 Å². The Hall–Kier alpha value is 0.760. The fourth-order valence-electron chi connectivity index (χ4n) is 1.00. The summed E-state index contributed by atoms with van der Waals surface area (Å²) in [6.07, 6.45) is 3.65. The number of thiol groups is 1. The van der Waals surface area contributed by atoms with Gasteiger partial charge in [0.15, 0.2) is 0 Å². The van der Waals surface area contributed by atoms with Gasteiger partial charge in [0.2, 0.25) is 0 Å². The molecule has 0 amide bonds. The van der Waals surface area contributed by atoms with Crippen molar-refractivity contribution >= 4 is 18.4 Å². The summed E-state index contributed by atoms with van der Waals surface area (Å²) in [6, 6.07) is 0. The van der Waals surface area contributed by atoms with Crippen LogP contribution in [0, 0.1) is 0 Å². The standard InChI is InChI=1S/C6H10OS.Au/c7-5-2-1-3-6(8)4-5;/h6,8H,1-4H2;. The Morgan fingerprint density at radius 2 is 2.22 bits per heavy atom. The molecule has 0 bridgehead atoms. The van der Waals surface area contributed by atoms with Crippen molar-refractivity contribution in [3.63, 3.8) is 0 Å². The SMILES string of the molecule is O=C1CCCC(S)C1.[Au]. The summed E-state index contributed by atoms with van der Waals surface area (Å²) in [5.41, 5.74) is 0. The van der Waals surface area contributed by atoms with Gasteiger partial charge in [-0.3, -0.25) is 4.79 Å². The maximum atomic E-state index is 10.6. The van der Waals surface area contributed by atoms with Gasteiger partial charge in [-0.15, -0.1) is 0 Å². The molecule has 0 spiro atoms. The molecule has 1 radical (unpaired) electrons. The van der Waals surface area contributed by atoms with Gasteiger partial charge in [0.25, 0.3) is 0 Å². The molecule has 3 heteroatoms. The molecule has 0 N–H and O–H groups in total. The molecule has 1 nitrogen and oxygen atoms in total. The maximum Gasteiger partial charge on any atom is 0.134 e. The van der Waals surface area contributed by atoms with Crippen LogP contribution in [0.15, 0.2) is 0 Å². The van der Waals surface area contributed by atoms with Crippen LogP contribution in [0.25, 0.3) is 0 Å². The Bertz CT molecular complexity index is 105. The van der Waals surface area contributed by atoms with Gasteiger partial charge < -0.3 is 0 Å². The molecule has 0 saturated heterocycles. The zero-order chi connectivity index (χ0) is 5.98. The molecule has 0 heterocycles. The van der Waals surface area contributed by atoms with E-state index in [0.29, 0.717) is 17.5 Å². The van der Waals surface area contributed by atoms with E-state index in [1.54, 1.807) is 0 Å². The molecule has 0 aliphatic heterocycles. The smallest absolute Gasteiger partial charge is 0.134 e. The molecule has 1 aliphatic rings. The Morgan fingerprint density at radius 1 is 1.56 bits per heavy atom. The van der Waals surface area contributed by atoms with E-state index in [2.05, 4.69) is 12.6 Å². The van der Waals surface area contributed by atoms with Crippen molar-refractivity contribution in [3.8, 4) is 0 Å². The third-order valence-corrected chi connectivity index (χ3v) is 1.90. The molecule has 1 rings (SSSR count). The van der Waals surface area contributed by atoms with Crippen molar-refractivity contribution in [2.75, 3.05) is 0 Å². The van der Waals surface area contributed by atoms with Gasteiger partial charge in [-0.05, 0) is 12.8 Å². The van der Waals surface area contributed by atoms with Gasteiger partial charge in [0.1, 0.15) is 5.78 Å². The molecule has 1 aliphatic carbocycles. The second-order valence-electron chi connectivity index (χ2n) is 2.29. The van der Waals surface area contributed by atoms with Crippen molar-refractivity contribution in [2.45, 2.75) is 30.9 Å². The summed E-state index contributed by atoms with van der Waals surface area (Å²) in [6.45, 7) is 0. The molecule has 57 valence electrons. The zero-order valence-corrected chi connectivity index (χ0v) is 8.12. The van der Waals surface area contributed by atoms with Gasteiger partial charge in [-0.2, -0.15) is 12.6 Å². The van der Waals surface area contributed by atoms with Crippen LogP contribution in [0.3, 0.4) is 0 Å². The van der Waals surface area contributed by atoms with Crippen LogP contribution in [-0.4, -0.2) is 11.0 Å². The molecule has 0 aromatic rings. The second-order valence-corrected chi connectivity index (χ2v) is 3.02. The molecule has 0 aromatic carbocycles. The average molecular weight is 327 g/mol. The number of rotatable bonds is 0. The number of carbonyl (C=O) groups is 1. The van der Waals surface area contributed by atoms with Gasteiger partial charge in [-0.25, -0.2) is 0 Å². The molecule has 1 fully saturated rings. The Morgan fingerprint density at radius 3 is 2.56 bits per heavy atom. The first-order chi connectivity index (χ1) is 3.79. The Balaban J connectivity index is 0.000000640. The summed E-state index contributed by atoms with van der Waals surface area (Å²) in [5.74, 6) is 0.385. The number of hydrogen-bond acceptors (Lipinski definition) is 2. The van der Waals surface area contributed by atoms with Crippen LogP contribution in [0.4, 0.5) is 0 Å². The van der Waals surface area contributed by atoms with Gasteiger partial charge in [-0.1, -0.05) is 0 Å². The molecule has 1 saturated carbocycles. The summed E-state index contributed by atoms with van der Waals surface area (Å²) < 4.78 is 0. The topological polar surface area (TPSA) is 17.1 Å². The molecule has 1 atom stereocenters. The first-order valence-electron chi connectivity index (χ1n) is 2.99. The first kappa shape index (κ1) is 9.76. The minimum Gasteiger partial charge on any atom is -0.300 e. The van der Waals surface area contributed by atoms with Crippen molar-refractivity contribution in [1.29, 1.82) is 0 Å². The van der Waals surface area contributed by atoms with Crippen LogP contribution < -0.4 is 0 Å². The Kier molecular flexibility index (Phi) is 4.94. The number of Topliss-reactive ketones (excluding diaryl/α,β-unsaturated/α-hetero) is 1. The molecular weight excluding hydrogens is 317 g/mol. The van der Waals surface area contributed by atoms with E-state index in [4.69, 9.17) is 0 Å². The van der Waals surface area contributed by atoms with E-state index in [0.717, 1.165) is 19.3 Å². The van der Waals surface area contributed by atoms with Crippen molar-refractivity contribution in [3.05, 3.63) is 0 Å². The average Bonchev–Trinajstić information content (AvgIpc) is 1.64. The van der Waals surface area contributed by atoms with Gasteiger partial charge >= 0.3 is 0 Å². The van der Waals surface area contributed by atoms with Gasteiger partial charge in [0.05, 0.1) is 0 Å². The summed E-state index contributed by atoms with van der Waals surface area (Å²) in [7, 11) is 0. The molecule has 9 heavy (non-hydrogen) atoms. The predicted octanol–water partition coefficient (Wildman–Crippen LogP) is 1.43. The van der Waals surface area contributed by atoms with E-state index in [1.807, 2.05) is 0 Å². The van der Waals surface area contributed by atoms with E-state index >= 15 is 0 Å². The third kappa shape index (κ3) is 3.46. The number of ketones is 1. The molecule has 0 aromatic heterocycles. The van der Waals surface area contributed by atoms with Crippen molar-refractivity contribution in [2.24, 2.45) is 0 Å².